The van der Waals surface area contributed by atoms with Crippen LogP contribution in [0.2, 0.25) is 0 Å². The van der Waals surface area contributed by atoms with Crippen LogP contribution < -0.4 is 10.2 Å². The van der Waals surface area contributed by atoms with Gasteiger partial charge in [-0.25, -0.2) is 4.39 Å². The van der Waals surface area contributed by atoms with Crippen molar-refractivity contribution in [1.29, 1.82) is 0 Å². The van der Waals surface area contributed by atoms with Gasteiger partial charge in [-0.3, -0.25) is 4.79 Å². The Hall–Kier alpha value is -2.36. The molecule has 0 radical (unpaired) electrons. The number of amides is 1. The second kappa shape index (κ2) is 5.56. The van der Waals surface area contributed by atoms with Gasteiger partial charge in [-0.15, -0.1) is 0 Å². The number of anilines is 2. The summed E-state index contributed by atoms with van der Waals surface area (Å²) in [5, 5.41) is 2.64. The molecule has 0 spiro atoms. The molecular weight excluding hydrogens is 267 g/mol. The highest BCUT2D eigenvalue weighted by Gasteiger charge is 2.20. The number of fused-ring (bicyclic) bond motifs is 1. The van der Waals surface area contributed by atoms with Crippen molar-refractivity contribution in [2.24, 2.45) is 0 Å². The van der Waals surface area contributed by atoms with Crippen LogP contribution in [0.1, 0.15) is 11.1 Å². The number of carbonyl (C=O) groups excluding carboxylic acids is 1. The summed E-state index contributed by atoms with van der Waals surface area (Å²) in [6.07, 6.45) is 0.947. The van der Waals surface area contributed by atoms with Gasteiger partial charge < -0.3 is 10.2 Å². The van der Waals surface area contributed by atoms with Crippen molar-refractivity contribution in [1.82, 2.24) is 0 Å². The molecule has 0 fully saturated rings. The van der Waals surface area contributed by atoms with Gasteiger partial charge in [-0.2, -0.15) is 0 Å². The lowest BCUT2D eigenvalue weighted by molar-refractivity contribution is -0.115. The predicted octanol–water partition coefficient (Wildman–Crippen LogP) is 3.14. The summed E-state index contributed by atoms with van der Waals surface area (Å²) >= 11 is 0. The maximum atomic E-state index is 13.7. The molecule has 1 heterocycles. The number of carbonyl (C=O) groups is 1. The SMILES string of the molecule is Cc1ccc(NC(=O)CN2CCc3ccccc32)c(F)c1. The molecule has 0 atom stereocenters. The highest BCUT2D eigenvalue weighted by atomic mass is 19.1. The molecule has 3 rings (SSSR count). The number of benzene rings is 2. The Labute approximate surface area is 123 Å². The minimum absolute atomic E-state index is 0.200. The molecule has 0 saturated carbocycles. The molecule has 2 aromatic rings. The lowest BCUT2D eigenvalue weighted by atomic mass is 10.2. The Morgan fingerprint density at radius 1 is 1.29 bits per heavy atom. The highest BCUT2D eigenvalue weighted by molar-refractivity contribution is 5.94. The molecule has 0 bridgehead atoms. The van der Waals surface area contributed by atoms with Crippen molar-refractivity contribution in [3.63, 3.8) is 0 Å². The first-order valence-corrected chi connectivity index (χ1v) is 7.02. The minimum atomic E-state index is -0.398. The van der Waals surface area contributed by atoms with E-state index >= 15 is 0 Å². The van der Waals surface area contributed by atoms with Gasteiger partial charge >= 0.3 is 0 Å². The van der Waals surface area contributed by atoms with Crippen molar-refractivity contribution in [2.45, 2.75) is 13.3 Å². The molecule has 4 heteroatoms. The normalized spacial score (nSPS) is 13.1. The number of hydrogen-bond acceptors (Lipinski definition) is 2. The summed E-state index contributed by atoms with van der Waals surface area (Å²) < 4.78 is 13.7. The average Bonchev–Trinajstić information content (AvgIpc) is 2.85. The Balaban J connectivity index is 1.68. The van der Waals surface area contributed by atoms with Crippen LogP contribution in [-0.4, -0.2) is 19.0 Å². The zero-order valence-corrected chi connectivity index (χ0v) is 11.9. The van der Waals surface area contributed by atoms with Crippen LogP contribution in [0.15, 0.2) is 42.5 Å². The number of hydrogen-bond donors (Lipinski definition) is 1. The maximum absolute atomic E-state index is 13.7. The molecule has 2 aromatic carbocycles. The van der Waals surface area contributed by atoms with Crippen LogP contribution in [0, 0.1) is 12.7 Å². The number of nitrogens with one attached hydrogen (secondary N) is 1. The number of aryl methyl sites for hydroxylation is 1. The van der Waals surface area contributed by atoms with Gasteiger partial charge in [-0.1, -0.05) is 24.3 Å². The largest absolute Gasteiger partial charge is 0.362 e. The molecule has 1 aliphatic heterocycles. The van der Waals surface area contributed by atoms with Crippen LogP contribution in [0.25, 0.3) is 0 Å². The molecule has 21 heavy (non-hydrogen) atoms. The van der Waals surface area contributed by atoms with Crippen molar-refractivity contribution in [2.75, 3.05) is 23.3 Å². The molecule has 0 saturated heterocycles. The van der Waals surface area contributed by atoms with E-state index in [9.17, 15) is 9.18 Å². The van der Waals surface area contributed by atoms with Crippen LogP contribution >= 0.6 is 0 Å². The summed E-state index contributed by atoms with van der Waals surface area (Å²) in [7, 11) is 0. The van der Waals surface area contributed by atoms with Gasteiger partial charge in [-0.05, 0) is 42.7 Å². The van der Waals surface area contributed by atoms with E-state index in [0.717, 1.165) is 24.2 Å². The van der Waals surface area contributed by atoms with E-state index < -0.39 is 5.82 Å². The Morgan fingerprint density at radius 3 is 2.90 bits per heavy atom. The first-order chi connectivity index (χ1) is 10.1. The van der Waals surface area contributed by atoms with Gasteiger partial charge in [0.2, 0.25) is 5.91 Å². The fraction of sp³-hybridized carbons (Fsp3) is 0.235. The molecule has 1 aliphatic rings. The van der Waals surface area contributed by atoms with E-state index in [1.54, 1.807) is 12.1 Å². The van der Waals surface area contributed by atoms with E-state index in [1.807, 2.05) is 30.0 Å². The molecule has 0 aromatic heterocycles. The zero-order valence-electron chi connectivity index (χ0n) is 11.9. The fourth-order valence-electron chi connectivity index (χ4n) is 2.66. The summed E-state index contributed by atoms with van der Waals surface area (Å²) in [6.45, 7) is 2.88. The van der Waals surface area contributed by atoms with Crippen molar-refractivity contribution >= 4 is 17.3 Å². The average molecular weight is 284 g/mol. The van der Waals surface area contributed by atoms with E-state index in [1.165, 1.54) is 11.6 Å². The second-order valence-corrected chi connectivity index (χ2v) is 5.33. The summed E-state index contributed by atoms with van der Waals surface area (Å²) in [5.41, 5.74) is 3.42. The lowest BCUT2D eigenvalue weighted by Crippen LogP contribution is -2.32. The Bertz CT molecular complexity index is 684. The van der Waals surface area contributed by atoms with Gasteiger partial charge in [0.25, 0.3) is 0 Å². The minimum Gasteiger partial charge on any atom is -0.362 e. The smallest absolute Gasteiger partial charge is 0.243 e. The Morgan fingerprint density at radius 2 is 2.10 bits per heavy atom. The quantitative estimate of drug-likeness (QED) is 0.939. The predicted molar refractivity (Wildman–Crippen MR) is 82.1 cm³/mol. The molecule has 0 unspecified atom stereocenters. The number of para-hydroxylation sites is 1. The first kappa shape index (κ1) is 13.6. The van der Waals surface area contributed by atoms with Crippen LogP contribution in [0.5, 0.6) is 0 Å². The van der Waals surface area contributed by atoms with E-state index in [2.05, 4.69) is 11.4 Å². The van der Waals surface area contributed by atoms with E-state index in [0.29, 0.717) is 0 Å². The topological polar surface area (TPSA) is 32.3 Å². The maximum Gasteiger partial charge on any atom is 0.243 e. The highest BCUT2D eigenvalue weighted by Crippen LogP contribution is 2.27. The third-order valence-electron chi connectivity index (χ3n) is 3.72. The van der Waals surface area contributed by atoms with Crippen molar-refractivity contribution in [3.8, 4) is 0 Å². The number of halogens is 1. The summed E-state index contributed by atoms with van der Waals surface area (Å²) in [5.74, 6) is -0.598. The zero-order chi connectivity index (χ0) is 14.8. The molecular formula is C17H17FN2O. The van der Waals surface area contributed by atoms with Crippen LogP contribution in [0.3, 0.4) is 0 Å². The van der Waals surface area contributed by atoms with Crippen molar-refractivity contribution < 1.29 is 9.18 Å². The van der Waals surface area contributed by atoms with Gasteiger partial charge in [0.05, 0.1) is 12.2 Å². The van der Waals surface area contributed by atoms with Crippen LogP contribution in [-0.2, 0) is 11.2 Å². The third kappa shape index (κ3) is 2.89. The van der Waals surface area contributed by atoms with E-state index in [-0.39, 0.29) is 18.1 Å². The second-order valence-electron chi connectivity index (χ2n) is 5.33. The van der Waals surface area contributed by atoms with E-state index in [4.69, 9.17) is 0 Å². The Kier molecular flexibility index (Phi) is 3.60. The fourth-order valence-corrected chi connectivity index (χ4v) is 2.66. The van der Waals surface area contributed by atoms with Gasteiger partial charge in [0.15, 0.2) is 0 Å². The standard InChI is InChI=1S/C17H17FN2O/c1-12-6-7-15(14(18)10-12)19-17(21)11-20-9-8-13-4-2-3-5-16(13)20/h2-7,10H,8-9,11H2,1H3,(H,19,21). The summed E-state index contributed by atoms with van der Waals surface area (Å²) in [6, 6.07) is 12.9. The first-order valence-electron chi connectivity index (χ1n) is 7.02. The monoisotopic (exact) mass is 284 g/mol. The molecule has 108 valence electrons. The molecule has 1 N–H and O–H groups in total. The molecule has 0 aliphatic carbocycles. The number of rotatable bonds is 3. The van der Waals surface area contributed by atoms with Gasteiger partial charge in [0.1, 0.15) is 5.82 Å². The lowest BCUT2D eigenvalue weighted by Gasteiger charge is -2.18. The van der Waals surface area contributed by atoms with Gasteiger partial charge in [0, 0.05) is 12.2 Å². The van der Waals surface area contributed by atoms with Crippen molar-refractivity contribution in [3.05, 3.63) is 59.4 Å². The molecule has 3 nitrogen and oxygen atoms in total. The third-order valence-corrected chi connectivity index (χ3v) is 3.72. The van der Waals surface area contributed by atoms with Crippen LogP contribution in [0.4, 0.5) is 15.8 Å². The summed E-state index contributed by atoms with van der Waals surface area (Å²) in [4.78, 5) is 14.1. The number of nitrogens with zero attached hydrogens (tertiary/aromatic N) is 1. The molecule has 1 amide bonds.